The van der Waals surface area contributed by atoms with Crippen molar-refractivity contribution in [2.45, 2.75) is 83.0 Å². The normalized spacial score (nSPS) is 21.5. The molecular weight excluding hydrogens is 338 g/mol. The molecule has 3 rings (SSSR count). The van der Waals surface area contributed by atoms with Crippen LogP contribution in [-0.2, 0) is 10.3 Å². The highest BCUT2D eigenvalue weighted by Crippen LogP contribution is 2.43. The van der Waals surface area contributed by atoms with Gasteiger partial charge in [0.15, 0.2) is 0 Å². The van der Waals surface area contributed by atoms with Crippen LogP contribution in [0.1, 0.15) is 77.0 Å². The van der Waals surface area contributed by atoms with Crippen molar-refractivity contribution in [3.8, 4) is 0 Å². The number of nitrogens with one attached hydrogen (secondary N) is 1. The van der Waals surface area contributed by atoms with E-state index >= 15 is 0 Å². The Balaban J connectivity index is 1.53. The first kappa shape index (κ1) is 20.2. The fraction of sp³-hybridized carbons (Fsp3) is 0.682. The molecule has 3 N–H and O–H groups in total. The van der Waals surface area contributed by atoms with E-state index in [0.717, 1.165) is 45.2 Å². The smallest absolute Gasteiger partial charge is 0.407 e. The molecule has 1 heterocycles. The first-order chi connectivity index (χ1) is 12.7. The Labute approximate surface area is 163 Å². The van der Waals surface area contributed by atoms with Crippen molar-refractivity contribution in [2.75, 3.05) is 13.1 Å². The molecule has 150 valence electrons. The number of rotatable bonds is 5. The fourth-order valence-corrected chi connectivity index (χ4v) is 3.99. The van der Waals surface area contributed by atoms with Gasteiger partial charge in [-0.05, 0) is 64.0 Å². The number of ether oxygens (including phenoxy) is 1. The van der Waals surface area contributed by atoms with Crippen LogP contribution in [-0.4, -0.2) is 35.7 Å². The second-order valence-corrected chi connectivity index (χ2v) is 9.16. The van der Waals surface area contributed by atoms with E-state index in [-0.39, 0.29) is 17.7 Å². The third-order valence-electron chi connectivity index (χ3n) is 5.74. The van der Waals surface area contributed by atoms with Gasteiger partial charge in [-0.1, -0.05) is 31.2 Å². The molecule has 5 nitrogen and oxygen atoms in total. The Hall–Kier alpha value is -1.59. The van der Waals surface area contributed by atoms with Crippen molar-refractivity contribution in [3.63, 3.8) is 0 Å². The molecule has 27 heavy (non-hydrogen) atoms. The number of alkyl carbamates (subject to hydrolysis) is 1. The van der Waals surface area contributed by atoms with Crippen molar-refractivity contribution in [1.29, 1.82) is 0 Å². The van der Waals surface area contributed by atoms with Gasteiger partial charge in [0.05, 0.1) is 0 Å². The van der Waals surface area contributed by atoms with Gasteiger partial charge in [0.2, 0.25) is 0 Å². The first-order valence-electron chi connectivity index (χ1n) is 10.3. The zero-order valence-electron chi connectivity index (χ0n) is 17.3. The minimum atomic E-state index is -0.452. The predicted octanol–water partition coefficient (Wildman–Crippen LogP) is 4.07. The van der Waals surface area contributed by atoms with Gasteiger partial charge in [0.1, 0.15) is 5.60 Å². The molecule has 1 aromatic rings. The van der Waals surface area contributed by atoms with Gasteiger partial charge in [0.25, 0.3) is 0 Å². The summed E-state index contributed by atoms with van der Waals surface area (Å²) in [7, 11) is 0. The minimum Gasteiger partial charge on any atom is -0.444 e. The van der Waals surface area contributed by atoms with Crippen LogP contribution >= 0.6 is 0 Å². The lowest BCUT2D eigenvalue weighted by atomic mass is 9.95. The Morgan fingerprint density at radius 3 is 2.33 bits per heavy atom. The summed E-state index contributed by atoms with van der Waals surface area (Å²) in [5.41, 5.74) is 8.42. The van der Waals surface area contributed by atoms with Gasteiger partial charge >= 0.3 is 6.09 Å². The van der Waals surface area contributed by atoms with Crippen molar-refractivity contribution in [3.05, 3.63) is 35.4 Å². The summed E-state index contributed by atoms with van der Waals surface area (Å²) >= 11 is 0. The summed E-state index contributed by atoms with van der Waals surface area (Å²) < 4.78 is 5.38. The fourth-order valence-electron chi connectivity index (χ4n) is 3.99. The van der Waals surface area contributed by atoms with Crippen LogP contribution in [0.2, 0.25) is 0 Å². The van der Waals surface area contributed by atoms with Crippen LogP contribution in [0.4, 0.5) is 4.79 Å². The Bertz CT molecular complexity index is 639. The highest BCUT2D eigenvalue weighted by Gasteiger charge is 2.39. The van der Waals surface area contributed by atoms with Gasteiger partial charge in [-0.25, -0.2) is 4.79 Å². The van der Waals surface area contributed by atoms with Crippen molar-refractivity contribution in [2.24, 2.45) is 5.73 Å². The van der Waals surface area contributed by atoms with E-state index in [0.29, 0.717) is 6.04 Å². The number of hydrogen-bond donors (Lipinski definition) is 2. The van der Waals surface area contributed by atoms with Crippen LogP contribution in [0.15, 0.2) is 24.3 Å². The van der Waals surface area contributed by atoms with Crippen molar-refractivity contribution >= 4 is 6.09 Å². The molecule has 0 bridgehead atoms. The lowest BCUT2D eigenvalue weighted by molar-refractivity contribution is 0.0466. The lowest BCUT2D eigenvalue weighted by Crippen LogP contribution is -2.46. The van der Waals surface area contributed by atoms with Crippen LogP contribution < -0.4 is 11.1 Å². The highest BCUT2D eigenvalue weighted by molar-refractivity contribution is 5.68. The SMILES string of the molecule is CCC(c1ccc(C2(N)CC2)cc1)N1CCC(NC(=O)OC(C)(C)C)CC1. The topological polar surface area (TPSA) is 67.6 Å². The molecule has 0 aromatic heterocycles. The Morgan fingerprint density at radius 2 is 1.85 bits per heavy atom. The van der Waals surface area contributed by atoms with E-state index in [9.17, 15) is 4.79 Å². The number of nitrogens with two attached hydrogens (primary N) is 1. The maximum absolute atomic E-state index is 12.0. The molecule has 1 atom stereocenters. The maximum Gasteiger partial charge on any atom is 0.407 e. The number of benzene rings is 1. The molecule has 1 saturated carbocycles. The third-order valence-corrected chi connectivity index (χ3v) is 5.74. The van der Waals surface area contributed by atoms with E-state index in [1.807, 2.05) is 20.8 Å². The average Bonchev–Trinajstić information content (AvgIpc) is 3.35. The summed E-state index contributed by atoms with van der Waals surface area (Å²) in [6.45, 7) is 9.89. The molecule has 2 fully saturated rings. The van der Waals surface area contributed by atoms with Crippen LogP contribution in [0, 0.1) is 0 Å². The molecular formula is C22H35N3O2. The zero-order valence-corrected chi connectivity index (χ0v) is 17.3. The van der Waals surface area contributed by atoms with Crippen LogP contribution in [0.25, 0.3) is 0 Å². The number of amides is 1. The van der Waals surface area contributed by atoms with Crippen molar-refractivity contribution < 1.29 is 9.53 Å². The molecule has 0 spiro atoms. The number of nitrogens with zero attached hydrogens (tertiary/aromatic N) is 1. The zero-order chi connectivity index (χ0) is 19.7. The van der Waals surface area contributed by atoms with E-state index in [1.54, 1.807) is 0 Å². The number of carbonyl (C=O) groups is 1. The van der Waals surface area contributed by atoms with E-state index in [4.69, 9.17) is 10.5 Å². The van der Waals surface area contributed by atoms with E-state index in [2.05, 4.69) is 41.4 Å². The molecule has 1 unspecified atom stereocenters. The summed E-state index contributed by atoms with van der Waals surface area (Å²) in [5, 5.41) is 3.02. The average molecular weight is 374 g/mol. The van der Waals surface area contributed by atoms with Crippen molar-refractivity contribution in [1.82, 2.24) is 10.2 Å². The van der Waals surface area contributed by atoms with Gasteiger partial charge < -0.3 is 15.8 Å². The quantitative estimate of drug-likeness (QED) is 0.816. The standard InChI is InChI=1S/C22H35N3O2/c1-5-19(16-6-8-17(9-7-16)22(23)12-13-22)25-14-10-18(11-15-25)24-20(26)27-21(2,3)4/h6-9,18-19H,5,10-15,23H2,1-4H3,(H,24,26). The number of hydrogen-bond acceptors (Lipinski definition) is 4. The molecule has 2 aliphatic rings. The molecule has 1 aromatic carbocycles. The van der Waals surface area contributed by atoms with Gasteiger partial charge in [-0.2, -0.15) is 0 Å². The Morgan fingerprint density at radius 1 is 1.26 bits per heavy atom. The van der Waals surface area contributed by atoms with Gasteiger partial charge in [-0.15, -0.1) is 0 Å². The molecule has 5 heteroatoms. The summed E-state index contributed by atoms with van der Waals surface area (Å²) in [6.07, 6.45) is 4.89. The monoisotopic (exact) mass is 373 g/mol. The summed E-state index contributed by atoms with van der Waals surface area (Å²) in [5.74, 6) is 0. The lowest BCUT2D eigenvalue weighted by Gasteiger charge is -2.38. The van der Waals surface area contributed by atoms with Gasteiger partial charge in [0, 0.05) is 30.7 Å². The van der Waals surface area contributed by atoms with E-state index < -0.39 is 5.60 Å². The van der Waals surface area contributed by atoms with Crippen LogP contribution in [0.5, 0.6) is 0 Å². The maximum atomic E-state index is 12.0. The third kappa shape index (κ3) is 5.23. The largest absolute Gasteiger partial charge is 0.444 e. The molecule has 0 radical (unpaired) electrons. The second-order valence-electron chi connectivity index (χ2n) is 9.16. The number of likely N-dealkylation sites (tertiary alicyclic amines) is 1. The van der Waals surface area contributed by atoms with Crippen LogP contribution in [0.3, 0.4) is 0 Å². The van der Waals surface area contributed by atoms with E-state index in [1.165, 1.54) is 11.1 Å². The number of carbonyl (C=O) groups excluding carboxylic acids is 1. The predicted molar refractivity (Wildman–Crippen MR) is 109 cm³/mol. The molecule has 1 aliphatic carbocycles. The highest BCUT2D eigenvalue weighted by atomic mass is 16.6. The molecule has 1 saturated heterocycles. The number of piperidine rings is 1. The first-order valence-corrected chi connectivity index (χ1v) is 10.3. The molecule has 1 aliphatic heterocycles. The minimum absolute atomic E-state index is 0.0636. The Kier molecular flexibility index (Phi) is 5.82. The summed E-state index contributed by atoms with van der Waals surface area (Å²) in [6, 6.07) is 9.55. The van der Waals surface area contributed by atoms with Gasteiger partial charge in [-0.3, -0.25) is 4.90 Å². The molecule has 1 amide bonds. The summed E-state index contributed by atoms with van der Waals surface area (Å²) in [4.78, 5) is 14.5. The second kappa shape index (κ2) is 7.80.